The lowest BCUT2D eigenvalue weighted by molar-refractivity contribution is -0.124. The Balaban J connectivity index is 1.23. The van der Waals surface area contributed by atoms with Crippen LogP contribution in [0, 0.1) is 5.82 Å². The fourth-order valence-electron chi connectivity index (χ4n) is 5.22. The lowest BCUT2D eigenvalue weighted by Gasteiger charge is -2.28. The van der Waals surface area contributed by atoms with Crippen molar-refractivity contribution < 1.29 is 17.6 Å². The molecule has 6 nitrogen and oxygen atoms in total. The van der Waals surface area contributed by atoms with Gasteiger partial charge in [0.2, 0.25) is 15.9 Å². The molecule has 0 saturated carbocycles. The summed E-state index contributed by atoms with van der Waals surface area (Å²) in [5.74, 6) is -0.825. The number of carbonyl (C=O) groups excluding carboxylic acids is 1. The highest BCUT2D eigenvalue weighted by Crippen LogP contribution is 2.28. The molecule has 0 radical (unpaired) electrons. The molecular weight excluding hydrogens is 489 g/mol. The molecule has 2 saturated heterocycles. The minimum Gasteiger partial charge on any atom is -0.372 e. The van der Waals surface area contributed by atoms with E-state index in [1.54, 1.807) is 0 Å². The zero-order valence-electron chi connectivity index (χ0n) is 20.8. The van der Waals surface area contributed by atoms with Gasteiger partial charge in [-0.2, -0.15) is 4.31 Å². The maximum absolute atomic E-state index is 13.3. The van der Waals surface area contributed by atoms with Crippen LogP contribution in [0.2, 0.25) is 0 Å². The van der Waals surface area contributed by atoms with Crippen molar-refractivity contribution in [3.05, 3.63) is 84.2 Å². The molecule has 1 atom stereocenters. The van der Waals surface area contributed by atoms with E-state index >= 15 is 0 Å². The topological polar surface area (TPSA) is 69.7 Å². The van der Waals surface area contributed by atoms with Crippen molar-refractivity contribution in [1.82, 2.24) is 9.62 Å². The number of carbonyl (C=O) groups is 1. The summed E-state index contributed by atoms with van der Waals surface area (Å²) < 4.78 is 40.7. The highest BCUT2D eigenvalue weighted by atomic mass is 32.2. The van der Waals surface area contributed by atoms with Gasteiger partial charge in [-0.1, -0.05) is 30.3 Å². The first-order chi connectivity index (χ1) is 17.9. The van der Waals surface area contributed by atoms with Gasteiger partial charge < -0.3 is 10.2 Å². The van der Waals surface area contributed by atoms with Crippen molar-refractivity contribution in [3.63, 3.8) is 0 Å². The Hall–Kier alpha value is -3.23. The Labute approximate surface area is 218 Å². The monoisotopic (exact) mass is 521 g/mol. The van der Waals surface area contributed by atoms with E-state index in [4.69, 9.17) is 0 Å². The van der Waals surface area contributed by atoms with Crippen LogP contribution in [0.15, 0.2) is 77.7 Å². The van der Waals surface area contributed by atoms with Gasteiger partial charge in [0.25, 0.3) is 0 Å². The largest absolute Gasteiger partial charge is 0.372 e. The first-order valence-electron chi connectivity index (χ1n) is 12.9. The number of hydrogen-bond donors (Lipinski definition) is 1. The molecule has 2 heterocycles. The molecule has 3 aromatic rings. The van der Waals surface area contributed by atoms with Crippen LogP contribution in [0.4, 0.5) is 10.1 Å². The molecule has 2 aliphatic heterocycles. The molecule has 0 spiro atoms. The summed E-state index contributed by atoms with van der Waals surface area (Å²) in [6.45, 7) is 2.79. The summed E-state index contributed by atoms with van der Waals surface area (Å²) in [4.78, 5) is 15.4. The standard InChI is InChI=1S/C29H32FN3O3S/c30-25-11-15-27(16-12-25)37(35,36)33-19-5-8-28(33)29(34)31-21-22-6-4-7-24(20-22)23-9-13-26(14-10-23)32-17-2-1-3-18-32/h4,6-7,9-16,20,28H,1-3,5,8,17-19,21H2,(H,31,34)/t28-/m0/s1. The van der Waals surface area contributed by atoms with Crippen LogP contribution in [0.5, 0.6) is 0 Å². The quantitative estimate of drug-likeness (QED) is 0.478. The van der Waals surface area contributed by atoms with E-state index in [0.717, 1.165) is 41.9 Å². The summed E-state index contributed by atoms with van der Waals surface area (Å²) in [6.07, 6.45) is 4.84. The predicted octanol–water partition coefficient (Wildman–Crippen LogP) is 4.95. The summed E-state index contributed by atoms with van der Waals surface area (Å²) in [6, 6.07) is 20.6. The summed E-state index contributed by atoms with van der Waals surface area (Å²) in [5, 5.41) is 2.92. The molecule has 8 heteroatoms. The minimum absolute atomic E-state index is 0.00685. The molecule has 194 valence electrons. The van der Waals surface area contributed by atoms with Crippen LogP contribution < -0.4 is 10.2 Å². The van der Waals surface area contributed by atoms with Crippen molar-refractivity contribution in [3.8, 4) is 11.1 Å². The number of benzene rings is 3. The molecule has 3 aromatic carbocycles. The van der Waals surface area contributed by atoms with Crippen LogP contribution >= 0.6 is 0 Å². The Kier molecular flexibility index (Phi) is 7.58. The number of halogens is 1. The van der Waals surface area contributed by atoms with Crippen molar-refractivity contribution in [2.75, 3.05) is 24.5 Å². The van der Waals surface area contributed by atoms with Crippen LogP contribution in [-0.2, 0) is 21.4 Å². The molecule has 2 fully saturated rings. The van der Waals surface area contributed by atoms with Gasteiger partial charge in [-0.05, 0) is 91.3 Å². The van der Waals surface area contributed by atoms with Crippen molar-refractivity contribution in [2.45, 2.75) is 49.6 Å². The van der Waals surface area contributed by atoms with E-state index in [2.05, 4.69) is 46.6 Å². The molecular formula is C29H32FN3O3S. The maximum Gasteiger partial charge on any atom is 0.243 e. The van der Waals surface area contributed by atoms with E-state index < -0.39 is 21.9 Å². The number of hydrogen-bond acceptors (Lipinski definition) is 4. The van der Waals surface area contributed by atoms with E-state index in [0.29, 0.717) is 19.4 Å². The molecule has 0 aliphatic carbocycles. The van der Waals surface area contributed by atoms with E-state index in [9.17, 15) is 17.6 Å². The van der Waals surface area contributed by atoms with E-state index in [1.807, 2.05) is 12.1 Å². The Morgan fingerprint density at radius 2 is 1.59 bits per heavy atom. The minimum atomic E-state index is -3.88. The molecule has 1 N–H and O–H groups in total. The van der Waals surface area contributed by atoms with E-state index in [1.165, 1.54) is 41.4 Å². The Bertz CT molecular complexity index is 1340. The molecule has 0 aromatic heterocycles. The van der Waals surface area contributed by atoms with Crippen LogP contribution in [0.1, 0.15) is 37.7 Å². The van der Waals surface area contributed by atoms with Gasteiger partial charge in [0.15, 0.2) is 0 Å². The van der Waals surface area contributed by atoms with Gasteiger partial charge in [-0.15, -0.1) is 0 Å². The molecule has 1 amide bonds. The normalized spacial score (nSPS) is 18.6. The molecule has 37 heavy (non-hydrogen) atoms. The zero-order chi connectivity index (χ0) is 25.8. The third-order valence-electron chi connectivity index (χ3n) is 7.24. The van der Waals surface area contributed by atoms with Gasteiger partial charge in [0.1, 0.15) is 11.9 Å². The number of nitrogens with one attached hydrogen (secondary N) is 1. The number of rotatable bonds is 7. The summed E-state index contributed by atoms with van der Waals surface area (Å²) in [5.41, 5.74) is 4.38. The average Bonchev–Trinajstić information content (AvgIpc) is 3.44. The molecule has 2 aliphatic rings. The van der Waals surface area contributed by atoms with Crippen LogP contribution in [0.25, 0.3) is 11.1 Å². The third-order valence-corrected chi connectivity index (χ3v) is 9.16. The molecule has 0 unspecified atom stereocenters. The number of anilines is 1. The first-order valence-corrected chi connectivity index (χ1v) is 14.4. The second kappa shape index (κ2) is 11.0. The smallest absolute Gasteiger partial charge is 0.243 e. The number of piperidine rings is 1. The van der Waals surface area contributed by atoms with E-state index in [-0.39, 0.29) is 17.3 Å². The highest BCUT2D eigenvalue weighted by molar-refractivity contribution is 7.89. The van der Waals surface area contributed by atoms with Gasteiger partial charge >= 0.3 is 0 Å². The van der Waals surface area contributed by atoms with Gasteiger partial charge in [-0.3, -0.25) is 4.79 Å². The van der Waals surface area contributed by atoms with Gasteiger partial charge in [-0.25, -0.2) is 12.8 Å². The Morgan fingerprint density at radius 3 is 2.32 bits per heavy atom. The van der Waals surface area contributed by atoms with Crippen molar-refractivity contribution in [2.24, 2.45) is 0 Å². The lowest BCUT2D eigenvalue weighted by atomic mass is 10.0. The van der Waals surface area contributed by atoms with Crippen molar-refractivity contribution in [1.29, 1.82) is 0 Å². The molecule has 5 rings (SSSR count). The third kappa shape index (κ3) is 5.70. The number of nitrogens with zero attached hydrogens (tertiary/aromatic N) is 2. The fraction of sp³-hybridized carbons (Fsp3) is 0.345. The zero-order valence-corrected chi connectivity index (χ0v) is 21.6. The predicted molar refractivity (Wildman–Crippen MR) is 143 cm³/mol. The maximum atomic E-state index is 13.3. The van der Waals surface area contributed by atoms with Crippen LogP contribution in [-0.4, -0.2) is 44.3 Å². The Morgan fingerprint density at radius 1 is 0.865 bits per heavy atom. The second-order valence-electron chi connectivity index (χ2n) is 9.74. The van der Waals surface area contributed by atoms with Gasteiger partial charge in [0, 0.05) is 31.9 Å². The summed E-state index contributed by atoms with van der Waals surface area (Å²) >= 11 is 0. The first kappa shape index (κ1) is 25.4. The highest BCUT2D eigenvalue weighted by Gasteiger charge is 2.39. The molecule has 0 bridgehead atoms. The number of amides is 1. The second-order valence-corrected chi connectivity index (χ2v) is 11.6. The van der Waals surface area contributed by atoms with Gasteiger partial charge in [0.05, 0.1) is 4.90 Å². The SMILES string of the molecule is O=C(NCc1cccc(-c2ccc(N3CCCCC3)cc2)c1)[C@@H]1CCCN1S(=O)(=O)c1ccc(F)cc1. The van der Waals surface area contributed by atoms with Crippen molar-refractivity contribution >= 4 is 21.6 Å². The van der Waals surface area contributed by atoms with Crippen LogP contribution in [0.3, 0.4) is 0 Å². The summed E-state index contributed by atoms with van der Waals surface area (Å²) in [7, 11) is -3.88. The fourth-order valence-corrected chi connectivity index (χ4v) is 6.87. The average molecular weight is 522 g/mol. The lowest BCUT2D eigenvalue weighted by Crippen LogP contribution is -2.45. The number of sulfonamides is 1.